The van der Waals surface area contributed by atoms with Crippen molar-refractivity contribution in [1.29, 1.82) is 0 Å². The van der Waals surface area contributed by atoms with Crippen molar-refractivity contribution in [3.8, 4) is 0 Å². The number of benzene rings is 1. The van der Waals surface area contributed by atoms with Gasteiger partial charge in [0.2, 0.25) is 5.91 Å². The Labute approximate surface area is 105 Å². The molecule has 0 fully saturated rings. The van der Waals surface area contributed by atoms with Gasteiger partial charge in [-0.2, -0.15) is 0 Å². The standard InChI is InChI=1S/C12H15ClFNO2/c1-3-8(7-16)12(17)15(2)11-6-9(13)4-5-10(11)14/h4-6,8,16H,3,7H2,1-2H3. The molecular formula is C12H15ClFNO2. The van der Waals surface area contributed by atoms with Gasteiger partial charge in [-0.1, -0.05) is 18.5 Å². The molecule has 0 aliphatic carbocycles. The number of aliphatic hydroxyl groups is 1. The molecule has 0 heterocycles. The van der Waals surface area contributed by atoms with Crippen molar-refractivity contribution in [3.63, 3.8) is 0 Å². The number of nitrogens with zero attached hydrogens (tertiary/aromatic N) is 1. The fraction of sp³-hybridized carbons (Fsp3) is 0.417. The number of halogens is 2. The van der Waals surface area contributed by atoms with Gasteiger partial charge in [0.1, 0.15) is 5.82 Å². The predicted octanol–water partition coefficient (Wildman–Crippen LogP) is 2.46. The van der Waals surface area contributed by atoms with Gasteiger partial charge >= 0.3 is 0 Å². The molecule has 0 bridgehead atoms. The topological polar surface area (TPSA) is 40.5 Å². The van der Waals surface area contributed by atoms with Gasteiger partial charge in [0.05, 0.1) is 18.2 Å². The van der Waals surface area contributed by atoms with Crippen LogP contribution >= 0.6 is 11.6 Å². The largest absolute Gasteiger partial charge is 0.396 e. The summed E-state index contributed by atoms with van der Waals surface area (Å²) in [6.07, 6.45) is 0.502. The van der Waals surface area contributed by atoms with E-state index in [4.69, 9.17) is 16.7 Å². The highest BCUT2D eigenvalue weighted by molar-refractivity contribution is 6.30. The van der Waals surface area contributed by atoms with Gasteiger partial charge in [-0.3, -0.25) is 4.79 Å². The monoisotopic (exact) mass is 259 g/mol. The van der Waals surface area contributed by atoms with E-state index < -0.39 is 11.7 Å². The Kier molecular flexibility index (Phi) is 4.90. The minimum absolute atomic E-state index is 0.120. The average molecular weight is 260 g/mol. The van der Waals surface area contributed by atoms with Gasteiger partial charge in [0.15, 0.2) is 0 Å². The van der Waals surface area contributed by atoms with Crippen LogP contribution in [0, 0.1) is 11.7 Å². The number of aliphatic hydroxyl groups excluding tert-OH is 1. The minimum Gasteiger partial charge on any atom is -0.396 e. The summed E-state index contributed by atoms with van der Waals surface area (Å²) in [5.41, 5.74) is 0.120. The maximum Gasteiger partial charge on any atom is 0.232 e. The molecule has 94 valence electrons. The highest BCUT2D eigenvalue weighted by Crippen LogP contribution is 2.24. The van der Waals surface area contributed by atoms with E-state index in [2.05, 4.69) is 0 Å². The maximum atomic E-state index is 13.5. The van der Waals surface area contributed by atoms with Crippen molar-refractivity contribution < 1.29 is 14.3 Å². The fourth-order valence-electron chi connectivity index (χ4n) is 1.52. The summed E-state index contributed by atoms with van der Waals surface area (Å²) >= 11 is 5.76. The molecule has 1 atom stereocenters. The van der Waals surface area contributed by atoms with Gasteiger partial charge in [0.25, 0.3) is 0 Å². The molecule has 0 saturated heterocycles. The van der Waals surface area contributed by atoms with Crippen LogP contribution in [0.4, 0.5) is 10.1 Å². The van der Waals surface area contributed by atoms with Crippen LogP contribution in [-0.4, -0.2) is 24.7 Å². The van der Waals surface area contributed by atoms with E-state index in [9.17, 15) is 9.18 Å². The van der Waals surface area contributed by atoms with Crippen molar-refractivity contribution in [2.45, 2.75) is 13.3 Å². The van der Waals surface area contributed by atoms with Gasteiger partial charge in [-0.05, 0) is 24.6 Å². The second kappa shape index (κ2) is 5.98. The molecule has 1 rings (SSSR count). The molecule has 0 aliphatic rings. The molecule has 1 N–H and O–H groups in total. The first-order chi connectivity index (χ1) is 8.01. The van der Waals surface area contributed by atoms with Crippen molar-refractivity contribution in [2.75, 3.05) is 18.6 Å². The molecule has 1 amide bonds. The maximum absolute atomic E-state index is 13.5. The Balaban J connectivity index is 2.99. The van der Waals surface area contributed by atoms with E-state index in [1.807, 2.05) is 0 Å². The second-order valence-electron chi connectivity index (χ2n) is 3.78. The Morgan fingerprint density at radius 3 is 2.76 bits per heavy atom. The first-order valence-corrected chi connectivity index (χ1v) is 5.72. The van der Waals surface area contributed by atoms with Crippen LogP contribution in [0.15, 0.2) is 18.2 Å². The summed E-state index contributed by atoms with van der Waals surface area (Å²) in [6, 6.07) is 4.02. The SMILES string of the molecule is CCC(CO)C(=O)N(C)c1cc(Cl)ccc1F. The van der Waals surface area contributed by atoms with E-state index in [1.165, 1.54) is 30.1 Å². The average Bonchev–Trinajstić information content (AvgIpc) is 2.32. The quantitative estimate of drug-likeness (QED) is 0.902. The van der Waals surface area contributed by atoms with Gasteiger partial charge in [-0.25, -0.2) is 4.39 Å². The number of anilines is 1. The Hall–Kier alpha value is -1.13. The molecule has 1 aromatic carbocycles. The Bertz CT molecular complexity index is 407. The van der Waals surface area contributed by atoms with Crippen molar-refractivity contribution >= 4 is 23.2 Å². The van der Waals surface area contributed by atoms with Crippen LogP contribution in [0.1, 0.15) is 13.3 Å². The lowest BCUT2D eigenvalue weighted by Gasteiger charge is -2.22. The van der Waals surface area contributed by atoms with E-state index in [0.29, 0.717) is 11.4 Å². The minimum atomic E-state index is -0.516. The zero-order valence-electron chi connectivity index (χ0n) is 9.78. The molecule has 0 aliphatic heterocycles. The summed E-state index contributed by atoms with van der Waals surface area (Å²) in [5, 5.41) is 9.41. The molecule has 0 radical (unpaired) electrons. The lowest BCUT2D eigenvalue weighted by Crippen LogP contribution is -2.34. The van der Waals surface area contributed by atoms with E-state index >= 15 is 0 Å². The Morgan fingerprint density at radius 2 is 2.24 bits per heavy atom. The number of rotatable bonds is 4. The van der Waals surface area contributed by atoms with Gasteiger partial charge in [-0.15, -0.1) is 0 Å². The van der Waals surface area contributed by atoms with E-state index in [1.54, 1.807) is 6.92 Å². The van der Waals surface area contributed by atoms with Crippen LogP contribution in [0.25, 0.3) is 0 Å². The third-order valence-corrected chi connectivity index (χ3v) is 2.90. The van der Waals surface area contributed by atoms with E-state index in [0.717, 1.165) is 0 Å². The van der Waals surface area contributed by atoms with Crippen molar-refractivity contribution in [3.05, 3.63) is 29.0 Å². The fourth-order valence-corrected chi connectivity index (χ4v) is 1.68. The smallest absolute Gasteiger partial charge is 0.232 e. The normalized spacial score (nSPS) is 12.3. The summed E-state index contributed by atoms with van der Waals surface area (Å²) in [4.78, 5) is 13.1. The van der Waals surface area contributed by atoms with Crippen molar-refractivity contribution in [2.24, 2.45) is 5.92 Å². The first kappa shape index (κ1) is 13.9. The third kappa shape index (κ3) is 3.17. The predicted molar refractivity (Wildman–Crippen MR) is 65.7 cm³/mol. The molecule has 0 saturated carbocycles. The van der Waals surface area contributed by atoms with Crippen LogP contribution in [0.2, 0.25) is 5.02 Å². The summed E-state index contributed by atoms with van der Waals surface area (Å²) in [6.45, 7) is 1.54. The molecule has 0 aromatic heterocycles. The number of carbonyl (C=O) groups excluding carboxylic acids is 1. The number of amides is 1. The van der Waals surface area contributed by atoms with Gasteiger partial charge in [0, 0.05) is 12.1 Å². The van der Waals surface area contributed by atoms with Crippen LogP contribution in [0.5, 0.6) is 0 Å². The highest BCUT2D eigenvalue weighted by atomic mass is 35.5. The van der Waals surface area contributed by atoms with Crippen LogP contribution < -0.4 is 4.90 Å². The number of carbonyl (C=O) groups is 1. The second-order valence-corrected chi connectivity index (χ2v) is 4.22. The Morgan fingerprint density at radius 1 is 1.59 bits per heavy atom. The van der Waals surface area contributed by atoms with Crippen molar-refractivity contribution in [1.82, 2.24) is 0 Å². The zero-order chi connectivity index (χ0) is 13.0. The lowest BCUT2D eigenvalue weighted by molar-refractivity contribution is -0.123. The van der Waals surface area contributed by atoms with Crippen LogP contribution in [0.3, 0.4) is 0 Å². The third-order valence-electron chi connectivity index (χ3n) is 2.66. The summed E-state index contributed by atoms with van der Waals surface area (Å²) in [7, 11) is 1.47. The summed E-state index contributed by atoms with van der Waals surface area (Å²) < 4.78 is 13.5. The molecule has 0 spiro atoms. The zero-order valence-corrected chi connectivity index (χ0v) is 10.5. The molecule has 3 nitrogen and oxygen atoms in total. The molecule has 1 unspecified atom stereocenters. The first-order valence-electron chi connectivity index (χ1n) is 5.34. The highest BCUT2D eigenvalue weighted by Gasteiger charge is 2.22. The number of hydrogen-bond acceptors (Lipinski definition) is 2. The van der Waals surface area contributed by atoms with Crippen LogP contribution in [-0.2, 0) is 4.79 Å². The molecular weight excluding hydrogens is 245 g/mol. The molecule has 5 heteroatoms. The van der Waals surface area contributed by atoms with Gasteiger partial charge < -0.3 is 10.0 Å². The lowest BCUT2D eigenvalue weighted by atomic mass is 10.1. The van der Waals surface area contributed by atoms with E-state index in [-0.39, 0.29) is 18.2 Å². The number of hydrogen-bond donors (Lipinski definition) is 1. The molecule has 17 heavy (non-hydrogen) atoms. The summed E-state index contributed by atoms with van der Waals surface area (Å²) in [5.74, 6) is -1.35. The molecule has 1 aromatic rings.